The van der Waals surface area contributed by atoms with Crippen LogP contribution in [0.4, 0.5) is 5.00 Å². The van der Waals surface area contributed by atoms with Crippen LogP contribution in [0.5, 0.6) is 0 Å². The molecule has 3 aromatic heterocycles. The standard InChI is InChI=1S/C24H30N6OS2/c1-13-22-17(2-6-27-13)21(23-29-18-12-25-5-3-19(18)32-23)24(33-22)30-20(31)4-7-28-16-8-14-10-26-11-15(14)9-16/h3,5,12-16,26-28H,2,4,6-11H2,1H3,(H,30,31)/t13-,14-,15+,16?/m0/s1. The van der Waals surface area contributed by atoms with Crippen LogP contribution in [-0.2, 0) is 11.2 Å². The summed E-state index contributed by atoms with van der Waals surface area (Å²) in [5.74, 6) is 1.71. The third-order valence-corrected chi connectivity index (χ3v) is 9.74. The summed E-state index contributed by atoms with van der Waals surface area (Å²) in [6.45, 7) is 6.19. The van der Waals surface area contributed by atoms with Gasteiger partial charge in [-0.2, -0.15) is 0 Å². The minimum atomic E-state index is 0.0746. The minimum Gasteiger partial charge on any atom is -0.317 e. The van der Waals surface area contributed by atoms with Gasteiger partial charge in [-0.05, 0) is 69.3 Å². The molecular weight excluding hydrogens is 452 g/mol. The second kappa shape index (κ2) is 9.03. The second-order valence-electron chi connectivity index (χ2n) is 9.54. The zero-order valence-electron chi connectivity index (χ0n) is 18.8. The fraction of sp³-hybridized carbons (Fsp3) is 0.542. The molecule has 33 heavy (non-hydrogen) atoms. The smallest absolute Gasteiger partial charge is 0.226 e. The van der Waals surface area contributed by atoms with Crippen molar-refractivity contribution in [3.05, 3.63) is 28.9 Å². The Hall–Kier alpha value is -1.91. The summed E-state index contributed by atoms with van der Waals surface area (Å²) < 4.78 is 1.12. The van der Waals surface area contributed by atoms with E-state index in [0.29, 0.717) is 12.5 Å². The fourth-order valence-corrected chi connectivity index (χ4v) is 8.07. The van der Waals surface area contributed by atoms with Gasteiger partial charge in [-0.25, -0.2) is 4.98 Å². The Kier molecular flexibility index (Phi) is 5.92. The van der Waals surface area contributed by atoms with Gasteiger partial charge in [-0.15, -0.1) is 22.7 Å². The van der Waals surface area contributed by atoms with Gasteiger partial charge in [0.05, 0.1) is 10.9 Å². The molecule has 9 heteroatoms. The molecule has 2 aliphatic heterocycles. The van der Waals surface area contributed by atoms with Crippen LogP contribution in [0.25, 0.3) is 20.8 Å². The molecule has 3 aromatic rings. The van der Waals surface area contributed by atoms with E-state index in [2.05, 4.69) is 33.2 Å². The molecule has 3 aliphatic rings. The average molecular weight is 483 g/mol. The van der Waals surface area contributed by atoms with Crippen LogP contribution < -0.4 is 21.3 Å². The molecule has 0 radical (unpaired) electrons. The van der Waals surface area contributed by atoms with Gasteiger partial charge in [0, 0.05) is 41.7 Å². The first-order chi connectivity index (χ1) is 16.2. The van der Waals surface area contributed by atoms with Gasteiger partial charge >= 0.3 is 0 Å². The average Bonchev–Trinajstić information content (AvgIpc) is 3.55. The van der Waals surface area contributed by atoms with Crippen LogP contribution in [0, 0.1) is 11.8 Å². The van der Waals surface area contributed by atoms with E-state index in [1.54, 1.807) is 22.7 Å². The molecule has 5 heterocycles. The summed E-state index contributed by atoms with van der Waals surface area (Å²) in [5.41, 5.74) is 3.36. The van der Waals surface area contributed by atoms with Crippen LogP contribution in [0.1, 0.15) is 42.7 Å². The lowest BCUT2D eigenvalue weighted by Gasteiger charge is -2.20. The highest BCUT2D eigenvalue weighted by Gasteiger charge is 2.37. The van der Waals surface area contributed by atoms with E-state index in [1.807, 2.05) is 18.5 Å². The molecule has 7 nitrogen and oxygen atoms in total. The van der Waals surface area contributed by atoms with Crippen LogP contribution in [0.3, 0.4) is 0 Å². The van der Waals surface area contributed by atoms with Gasteiger partial charge in [-0.3, -0.25) is 9.78 Å². The van der Waals surface area contributed by atoms with E-state index in [0.717, 1.165) is 70.2 Å². The van der Waals surface area contributed by atoms with Gasteiger partial charge in [0.1, 0.15) is 15.5 Å². The first kappa shape index (κ1) is 21.6. The van der Waals surface area contributed by atoms with Crippen molar-refractivity contribution in [3.63, 3.8) is 0 Å². The normalized spacial score (nSPS) is 26.5. The van der Waals surface area contributed by atoms with Crippen molar-refractivity contribution >= 4 is 43.8 Å². The Labute approximate surface area is 201 Å². The van der Waals surface area contributed by atoms with Crippen LogP contribution >= 0.6 is 22.7 Å². The van der Waals surface area contributed by atoms with Gasteiger partial charge in [0.2, 0.25) is 5.91 Å². The number of anilines is 1. The zero-order valence-corrected chi connectivity index (χ0v) is 20.5. The monoisotopic (exact) mass is 482 g/mol. The number of hydrogen-bond donors (Lipinski definition) is 4. The molecule has 0 bridgehead atoms. The van der Waals surface area contributed by atoms with Gasteiger partial charge in [-0.1, -0.05) is 0 Å². The van der Waals surface area contributed by atoms with E-state index in [4.69, 9.17) is 4.98 Å². The number of carbonyl (C=O) groups excluding carboxylic acids is 1. The number of hydrogen-bond acceptors (Lipinski definition) is 8. The molecule has 1 saturated carbocycles. The Bertz CT molecular complexity index is 1130. The molecule has 4 N–H and O–H groups in total. The maximum atomic E-state index is 12.9. The van der Waals surface area contributed by atoms with E-state index >= 15 is 0 Å². The summed E-state index contributed by atoms with van der Waals surface area (Å²) in [7, 11) is 0. The SMILES string of the molecule is C[C@@H]1NCCc2c1sc(NC(=O)CCNC1C[C@H]3CNC[C@H]3C1)c2-c1nc2cnccc2s1. The lowest BCUT2D eigenvalue weighted by molar-refractivity contribution is -0.116. The van der Waals surface area contributed by atoms with Crippen molar-refractivity contribution in [3.8, 4) is 10.6 Å². The number of nitrogens with zero attached hydrogens (tertiary/aromatic N) is 2. The van der Waals surface area contributed by atoms with Crippen LogP contribution in [0.2, 0.25) is 0 Å². The van der Waals surface area contributed by atoms with Crippen molar-refractivity contribution in [2.75, 3.05) is 31.5 Å². The molecule has 6 rings (SSSR count). The number of nitrogens with one attached hydrogen (secondary N) is 4. The number of thiazole rings is 1. The van der Waals surface area contributed by atoms with Crippen LogP contribution in [-0.4, -0.2) is 48.1 Å². The Balaban J connectivity index is 1.18. The van der Waals surface area contributed by atoms with Gasteiger partial charge in [0.25, 0.3) is 0 Å². The summed E-state index contributed by atoms with van der Waals surface area (Å²) in [4.78, 5) is 23.3. The number of fused-ring (bicyclic) bond motifs is 3. The van der Waals surface area contributed by atoms with E-state index in [9.17, 15) is 4.79 Å². The summed E-state index contributed by atoms with van der Waals surface area (Å²) in [6.07, 6.45) is 7.54. The highest BCUT2D eigenvalue weighted by Crippen LogP contribution is 2.46. The van der Waals surface area contributed by atoms with Crippen molar-refractivity contribution < 1.29 is 4.79 Å². The first-order valence-corrected chi connectivity index (χ1v) is 13.6. The summed E-state index contributed by atoms with van der Waals surface area (Å²) >= 11 is 3.38. The third kappa shape index (κ3) is 4.21. The lowest BCUT2D eigenvalue weighted by Crippen LogP contribution is -2.31. The van der Waals surface area contributed by atoms with Crippen molar-refractivity contribution in [2.45, 2.75) is 44.7 Å². The molecule has 174 valence electrons. The molecule has 2 fully saturated rings. The van der Waals surface area contributed by atoms with Crippen LogP contribution in [0.15, 0.2) is 18.5 Å². The molecule has 1 saturated heterocycles. The molecule has 0 aromatic carbocycles. The van der Waals surface area contributed by atoms with E-state index in [1.165, 1.54) is 23.3 Å². The van der Waals surface area contributed by atoms with Gasteiger partial charge in [0.15, 0.2) is 0 Å². The summed E-state index contributed by atoms with van der Waals surface area (Å²) in [6, 6.07) is 2.86. The third-order valence-electron chi connectivity index (χ3n) is 7.35. The number of thiophene rings is 1. The molecule has 0 spiro atoms. The number of carbonyl (C=O) groups is 1. The maximum absolute atomic E-state index is 12.9. The predicted molar refractivity (Wildman–Crippen MR) is 135 cm³/mol. The molecule has 1 amide bonds. The zero-order chi connectivity index (χ0) is 22.4. The number of amides is 1. The maximum Gasteiger partial charge on any atom is 0.226 e. The number of aromatic nitrogens is 2. The Morgan fingerprint density at radius 3 is 2.91 bits per heavy atom. The summed E-state index contributed by atoms with van der Waals surface area (Å²) in [5, 5.41) is 15.8. The molecular formula is C24H30N6OS2. The largest absolute Gasteiger partial charge is 0.317 e. The second-order valence-corrected chi connectivity index (χ2v) is 11.6. The lowest BCUT2D eigenvalue weighted by atomic mass is 10.0. The van der Waals surface area contributed by atoms with E-state index < -0.39 is 0 Å². The van der Waals surface area contributed by atoms with Gasteiger partial charge < -0.3 is 21.3 Å². The van der Waals surface area contributed by atoms with Crippen molar-refractivity contribution in [1.82, 2.24) is 25.9 Å². The Morgan fingerprint density at radius 1 is 1.24 bits per heavy atom. The molecule has 1 unspecified atom stereocenters. The predicted octanol–water partition coefficient (Wildman–Crippen LogP) is 3.54. The topological polar surface area (TPSA) is 91.0 Å². The van der Waals surface area contributed by atoms with Crippen molar-refractivity contribution in [1.29, 1.82) is 0 Å². The Morgan fingerprint density at radius 2 is 2.09 bits per heavy atom. The highest BCUT2D eigenvalue weighted by molar-refractivity contribution is 7.23. The number of pyridine rings is 1. The number of rotatable bonds is 6. The molecule has 4 atom stereocenters. The van der Waals surface area contributed by atoms with E-state index in [-0.39, 0.29) is 11.9 Å². The fourth-order valence-electron chi connectivity index (χ4n) is 5.70. The highest BCUT2D eigenvalue weighted by atomic mass is 32.1. The molecule has 1 aliphatic carbocycles. The van der Waals surface area contributed by atoms with Crippen molar-refractivity contribution in [2.24, 2.45) is 11.8 Å². The minimum absolute atomic E-state index is 0.0746. The quantitative estimate of drug-likeness (QED) is 0.430. The first-order valence-electron chi connectivity index (χ1n) is 12.0.